The molecular weight excluding hydrogens is 168 g/mol. The minimum atomic E-state index is -0.754. The first kappa shape index (κ1) is 8.04. The van der Waals surface area contributed by atoms with Crippen LogP contribution in [-0.2, 0) is 10.2 Å². The molecule has 0 unspecified atom stereocenters. The molecule has 1 heterocycles. The maximum Gasteiger partial charge on any atom is 0.314 e. The Kier molecular flexibility index (Phi) is 1.52. The van der Waals surface area contributed by atoms with Crippen molar-refractivity contribution in [2.75, 3.05) is 0 Å². The molecule has 4 nitrogen and oxygen atoms in total. The zero-order chi connectivity index (χ0) is 9.47. The molecule has 1 saturated carbocycles. The Morgan fingerprint density at radius 2 is 2.46 bits per heavy atom. The summed E-state index contributed by atoms with van der Waals surface area (Å²) in [6.07, 6.45) is 6.29. The third-order valence-electron chi connectivity index (χ3n) is 2.50. The predicted octanol–water partition coefficient (Wildman–Crippen LogP) is 1.10. The second-order valence-corrected chi connectivity index (χ2v) is 3.28. The number of aliphatic carboxylic acids is 1. The van der Waals surface area contributed by atoms with Crippen molar-refractivity contribution < 1.29 is 9.90 Å². The minimum absolute atomic E-state index is 0.652. The van der Waals surface area contributed by atoms with E-state index in [1.807, 2.05) is 0 Å². The summed E-state index contributed by atoms with van der Waals surface area (Å²) in [5.74, 6) is -0.754. The van der Waals surface area contributed by atoms with Crippen LogP contribution in [0.2, 0.25) is 0 Å². The quantitative estimate of drug-likeness (QED) is 0.754. The lowest BCUT2D eigenvalue weighted by atomic mass is 10.0. The topological polar surface area (TPSA) is 55.1 Å². The average Bonchev–Trinajstić information content (AvgIpc) is 2.79. The summed E-state index contributed by atoms with van der Waals surface area (Å²) >= 11 is 0. The van der Waals surface area contributed by atoms with Gasteiger partial charge in [0.25, 0.3) is 0 Å². The number of carboxylic acid groups (broad SMARTS) is 1. The highest BCUT2D eigenvalue weighted by Gasteiger charge is 2.52. The molecule has 0 amide bonds. The Labute approximate surface area is 75.5 Å². The molecule has 0 aliphatic heterocycles. The lowest BCUT2D eigenvalue weighted by Crippen LogP contribution is -2.18. The fraction of sp³-hybridized carbons (Fsp3) is 0.333. The van der Waals surface area contributed by atoms with E-state index in [-0.39, 0.29) is 0 Å². The zero-order valence-electron chi connectivity index (χ0n) is 7.10. The summed E-state index contributed by atoms with van der Waals surface area (Å²) in [5, 5.41) is 12.9. The highest BCUT2D eigenvalue weighted by molar-refractivity contribution is 5.84. The van der Waals surface area contributed by atoms with Gasteiger partial charge >= 0.3 is 5.97 Å². The average molecular weight is 178 g/mol. The van der Waals surface area contributed by atoms with E-state index in [0.717, 1.165) is 5.56 Å². The van der Waals surface area contributed by atoms with Crippen LogP contribution in [0.15, 0.2) is 19.0 Å². The third-order valence-corrected chi connectivity index (χ3v) is 2.50. The summed E-state index contributed by atoms with van der Waals surface area (Å²) in [5.41, 5.74) is 0.126. The summed E-state index contributed by atoms with van der Waals surface area (Å²) in [4.78, 5) is 10.9. The van der Waals surface area contributed by atoms with E-state index < -0.39 is 11.4 Å². The smallest absolute Gasteiger partial charge is 0.314 e. The lowest BCUT2D eigenvalue weighted by molar-refractivity contribution is -0.140. The van der Waals surface area contributed by atoms with Crippen LogP contribution in [0.5, 0.6) is 0 Å². The number of hydrogen-bond acceptors (Lipinski definition) is 2. The van der Waals surface area contributed by atoms with E-state index >= 15 is 0 Å². The van der Waals surface area contributed by atoms with Crippen LogP contribution in [-0.4, -0.2) is 20.9 Å². The van der Waals surface area contributed by atoms with Gasteiger partial charge in [0.15, 0.2) is 0 Å². The highest BCUT2D eigenvalue weighted by Crippen LogP contribution is 2.48. The molecule has 13 heavy (non-hydrogen) atoms. The van der Waals surface area contributed by atoms with Crippen LogP contribution in [0.1, 0.15) is 18.4 Å². The van der Waals surface area contributed by atoms with Gasteiger partial charge in [0.2, 0.25) is 0 Å². The minimum Gasteiger partial charge on any atom is -0.481 e. The molecule has 1 aliphatic rings. The molecular formula is C9H10N2O2. The Balaban J connectivity index is 2.35. The standard InChI is InChI=1S/C9H10N2O2/c1-2-11-6-7(5-10-11)9(3-4-9)8(12)13/h2,5-6H,1,3-4H2,(H,12,13). The van der Waals surface area contributed by atoms with Gasteiger partial charge in [-0.25, -0.2) is 4.68 Å². The predicted molar refractivity (Wildman–Crippen MR) is 47.2 cm³/mol. The first-order valence-corrected chi connectivity index (χ1v) is 4.10. The van der Waals surface area contributed by atoms with Crippen molar-refractivity contribution in [3.8, 4) is 0 Å². The van der Waals surface area contributed by atoms with Gasteiger partial charge in [-0.2, -0.15) is 5.10 Å². The van der Waals surface area contributed by atoms with Crippen LogP contribution < -0.4 is 0 Å². The Morgan fingerprint density at radius 1 is 1.77 bits per heavy atom. The summed E-state index contributed by atoms with van der Waals surface area (Å²) in [6, 6.07) is 0. The number of nitrogens with zero attached hydrogens (tertiary/aromatic N) is 2. The normalized spacial score (nSPS) is 18.2. The maximum atomic E-state index is 10.9. The van der Waals surface area contributed by atoms with Crippen molar-refractivity contribution in [1.29, 1.82) is 0 Å². The van der Waals surface area contributed by atoms with E-state index in [1.165, 1.54) is 4.68 Å². The largest absolute Gasteiger partial charge is 0.481 e. The Bertz CT molecular complexity index is 363. The van der Waals surface area contributed by atoms with Crippen molar-refractivity contribution in [2.24, 2.45) is 0 Å². The third kappa shape index (κ3) is 1.06. The number of rotatable bonds is 3. The first-order valence-electron chi connectivity index (χ1n) is 4.10. The van der Waals surface area contributed by atoms with Gasteiger partial charge in [0.1, 0.15) is 0 Å². The molecule has 1 aliphatic carbocycles. The molecule has 1 aromatic heterocycles. The highest BCUT2D eigenvalue weighted by atomic mass is 16.4. The monoisotopic (exact) mass is 178 g/mol. The van der Waals surface area contributed by atoms with Crippen molar-refractivity contribution in [2.45, 2.75) is 18.3 Å². The van der Waals surface area contributed by atoms with Crippen LogP contribution in [0.4, 0.5) is 0 Å². The molecule has 4 heteroatoms. The van der Waals surface area contributed by atoms with E-state index in [0.29, 0.717) is 12.8 Å². The first-order chi connectivity index (χ1) is 6.19. The molecule has 0 bridgehead atoms. The molecule has 2 rings (SSSR count). The molecule has 68 valence electrons. The van der Waals surface area contributed by atoms with E-state index in [1.54, 1.807) is 18.6 Å². The molecule has 1 fully saturated rings. The molecule has 1 aromatic rings. The SMILES string of the molecule is C=Cn1cc(C2(C(=O)O)CC2)cn1. The fourth-order valence-corrected chi connectivity index (χ4v) is 1.44. The second kappa shape index (κ2) is 2.45. The fourth-order valence-electron chi connectivity index (χ4n) is 1.44. The van der Waals surface area contributed by atoms with Gasteiger partial charge in [-0.05, 0) is 12.8 Å². The maximum absolute atomic E-state index is 10.9. The van der Waals surface area contributed by atoms with Crippen LogP contribution >= 0.6 is 0 Å². The van der Waals surface area contributed by atoms with Crippen LogP contribution in [0.25, 0.3) is 6.20 Å². The number of carboxylic acids is 1. The van der Waals surface area contributed by atoms with Gasteiger partial charge in [-0.15, -0.1) is 0 Å². The lowest BCUT2D eigenvalue weighted by Gasteiger charge is -2.04. The molecule has 0 spiro atoms. The van der Waals surface area contributed by atoms with Crippen molar-refractivity contribution >= 4 is 12.2 Å². The van der Waals surface area contributed by atoms with Crippen molar-refractivity contribution in [1.82, 2.24) is 9.78 Å². The number of aromatic nitrogens is 2. The molecule has 0 saturated heterocycles. The van der Waals surface area contributed by atoms with Crippen molar-refractivity contribution in [3.63, 3.8) is 0 Å². The number of hydrogen-bond donors (Lipinski definition) is 1. The molecule has 0 atom stereocenters. The summed E-state index contributed by atoms with van der Waals surface area (Å²) in [7, 11) is 0. The van der Waals surface area contributed by atoms with Gasteiger partial charge in [0.05, 0.1) is 11.6 Å². The van der Waals surface area contributed by atoms with E-state index in [2.05, 4.69) is 11.7 Å². The zero-order valence-corrected chi connectivity index (χ0v) is 7.10. The van der Waals surface area contributed by atoms with Gasteiger partial charge < -0.3 is 5.11 Å². The number of carbonyl (C=O) groups is 1. The van der Waals surface area contributed by atoms with Crippen LogP contribution in [0.3, 0.4) is 0 Å². The molecule has 0 aromatic carbocycles. The van der Waals surface area contributed by atoms with Gasteiger partial charge in [-0.3, -0.25) is 4.79 Å². The second-order valence-electron chi connectivity index (χ2n) is 3.28. The molecule has 1 N–H and O–H groups in total. The summed E-state index contributed by atoms with van der Waals surface area (Å²) < 4.78 is 1.53. The van der Waals surface area contributed by atoms with Gasteiger partial charge in [-0.1, -0.05) is 6.58 Å². The van der Waals surface area contributed by atoms with E-state index in [9.17, 15) is 4.79 Å². The Morgan fingerprint density at radius 3 is 2.85 bits per heavy atom. The Hall–Kier alpha value is -1.58. The summed E-state index contributed by atoms with van der Waals surface area (Å²) in [6.45, 7) is 3.54. The van der Waals surface area contributed by atoms with Gasteiger partial charge in [0, 0.05) is 18.0 Å². The molecule has 0 radical (unpaired) electrons. The van der Waals surface area contributed by atoms with Crippen molar-refractivity contribution in [3.05, 3.63) is 24.5 Å². The van der Waals surface area contributed by atoms with Crippen LogP contribution in [0, 0.1) is 0 Å². The van der Waals surface area contributed by atoms with E-state index in [4.69, 9.17) is 5.11 Å².